The van der Waals surface area contributed by atoms with Gasteiger partial charge in [-0.3, -0.25) is 4.72 Å². The van der Waals surface area contributed by atoms with Gasteiger partial charge in [0.25, 0.3) is 10.0 Å². The average molecular weight is 315 g/mol. The van der Waals surface area contributed by atoms with Gasteiger partial charge < -0.3 is 5.73 Å². The Morgan fingerprint density at radius 1 is 1.20 bits per heavy atom. The first-order valence-corrected chi connectivity index (χ1v) is 7.50. The SMILES string of the molecule is Cc1ccc(F)c(NS(=O)(=O)c2ccc(Cl)cc2N)c1. The Morgan fingerprint density at radius 3 is 2.55 bits per heavy atom. The molecule has 20 heavy (non-hydrogen) atoms. The van der Waals surface area contributed by atoms with Crippen molar-refractivity contribution < 1.29 is 12.8 Å². The summed E-state index contributed by atoms with van der Waals surface area (Å²) in [4.78, 5) is -0.150. The monoisotopic (exact) mass is 314 g/mol. The van der Waals surface area contributed by atoms with Crippen LogP contribution in [0.4, 0.5) is 15.8 Å². The summed E-state index contributed by atoms with van der Waals surface area (Å²) in [5.74, 6) is -0.660. The average Bonchev–Trinajstić information content (AvgIpc) is 2.33. The lowest BCUT2D eigenvalue weighted by Crippen LogP contribution is -2.15. The maximum Gasteiger partial charge on any atom is 0.264 e. The van der Waals surface area contributed by atoms with E-state index >= 15 is 0 Å². The van der Waals surface area contributed by atoms with Crippen molar-refractivity contribution in [2.75, 3.05) is 10.5 Å². The minimum Gasteiger partial charge on any atom is -0.398 e. The summed E-state index contributed by atoms with van der Waals surface area (Å²) in [5.41, 5.74) is 6.23. The summed E-state index contributed by atoms with van der Waals surface area (Å²) in [6.07, 6.45) is 0. The second-order valence-electron chi connectivity index (χ2n) is 4.27. The summed E-state index contributed by atoms with van der Waals surface area (Å²) in [5, 5.41) is 0.322. The number of nitrogens with one attached hydrogen (secondary N) is 1. The van der Waals surface area contributed by atoms with Crippen LogP contribution in [0, 0.1) is 12.7 Å². The Balaban J connectivity index is 2.43. The molecule has 0 aliphatic heterocycles. The summed E-state index contributed by atoms with van der Waals surface area (Å²) in [6, 6.07) is 8.14. The third-order valence-electron chi connectivity index (χ3n) is 2.63. The lowest BCUT2D eigenvalue weighted by molar-refractivity contribution is 0.599. The maximum atomic E-state index is 13.6. The van der Waals surface area contributed by atoms with Crippen molar-refractivity contribution in [3.05, 3.63) is 52.8 Å². The Labute approximate surface area is 121 Å². The lowest BCUT2D eigenvalue weighted by Gasteiger charge is -2.11. The van der Waals surface area contributed by atoms with Gasteiger partial charge in [-0.1, -0.05) is 17.7 Å². The summed E-state index contributed by atoms with van der Waals surface area (Å²) >= 11 is 5.72. The number of anilines is 2. The standard InChI is InChI=1S/C13H12ClFN2O2S/c1-8-2-4-10(15)12(6-8)17-20(18,19)13-5-3-9(14)7-11(13)16/h2-7,17H,16H2,1H3. The number of nitrogen functional groups attached to an aromatic ring is 1. The second-order valence-corrected chi connectivity index (χ2v) is 6.36. The number of hydrogen-bond donors (Lipinski definition) is 2. The van der Waals surface area contributed by atoms with Crippen LogP contribution in [-0.2, 0) is 10.0 Å². The van der Waals surface area contributed by atoms with Crippen molar-refractivity contribution in [3.8, 4) is 0 Å². The highest BCUT2D eigenvalue weighted by atomic mass is 35.5. The number of sulfonamides is 1. The van der Waals surface area contributed by atoms with E-state index in [-0.39, 0.29) is 16.3 Å². The van der Waals surface area contributed by atoms with Crippen LogP contribution in [0.15, 0.2) is 41.3 Å². The van der Waals surface area contributed by atoms with Crippen LogP contribution in [0.5, 0.6) is 0 Å². The molecule has 2 aromatic rings. The first kappa shape index (κ1) is 14.6. The van der Waals surface area contributed by atoms with E-state index in [1.165, 1.54) is 30.3 Å². The lowest BCUT2D eigenvalue weighted by atomic mass is 10.2. The molecule has 0 radical (unpaired) electrons. The predicted octanol–water partition coefficient (Wildman–Crippen LogP) is 3.17. The molecule has 0 fully saturated rings. The van der Waals surface area contributed by atoms with Gasteiger partial charge in [-0.2, -0.15) is 0 Å². The minimum atomic E-state index is -3.97. The Bertz CT molecular complexity index is 763. The van der Waals surface area contributed by atoms with E-state index < -0.39 is 15.8 Å². The fourth-order valence-corrected chi connectivity index (χ4v) is 3.03. The Morgan fingerprint density at radius 2 is 1.90 bits per heavy atom. The molecule has 2 aromatic carbocycles. The van der Waals surface area contributed by atoms with Crippen molar-refractivity contribution in [2.24, 2.45) is 0 Å². The smallest absolute Gasteiger partial charge is 0.264 e. The van der Waals surface area contributed by atoms with Crippen LogP contribution in [0.1, 0.15) is 5.56 Å². The zero-order valence-corrected chi connectivity index (χ0v) is 12.1. The van der Waals surface area contributed by atoms with E-state index in [4.69, 9.17) is 17.3 Å². The Kier molecular flexibility index (Phi) is 3.87. The van der Waals surface area contributed by atoms with Crippen LogP contribution in [0.3, 0.4) is 0 Å². The van der Waals surface area contributed by atoms with Crippen LogP contribution in [0.25, 0.3) is 0 Å². The maximum absolute atomic E-state index is 13.6. The number of hydrogen-bond acceptors (Lipinski definition) is 3. The highest BCUT2D eigenvalue weighted by Crippen LogP contribution is 2.26. The molecule has 0 atom stereocenters. The summed E-state index contributed by atoms with van der Waals surface area (Å²) in [6.45, 7) is 1.73. The third kappa shape index (κ3) is 3.02. The van der Waals surface area contributed by atoms with Crippen LogP contribution in [-0.4, -0.2) is 8.42 Å². The fraction of sp³-hybridized carbons (Fsp3) is 0.0769. The zero-order valence-electron chi connectivity index (χ0n) is 10.5. The molecule has 0 bridgehead atoms. The van der Waals surface area contributed by atoms with E-state index in [0.717, 1.165) is 5.56 Å². The molecule has 7 heteroatoms. The third-order valence-corrected chi connectivity index (χ3v) is 4.30. The van der Waals surface area contributed by atoms with Gasteiger partial charge >= 0.3 is 0 Å². The molecule has 0 aliphatic rings. The molecular weight excluding hydrogens is 303 g/mol. The van der Waals surface area contributed by atoms with Gasteiger partial charge in [0, 0.05) is 5.02 Å². The van der Waals surface area contributed by atoms with Crippen molar-refractivity contribution >= 4 is 33.0 Å². The molecular formula is C13H12ClFN2O2S. The van der Waals surface area contributed by atoms with Crippen molar-refractivity contribution in [2.45, 2.75) is 11.8 Å². The van der Waals surface area contributed by atoms with Gasteiger partial charge in [-0.15, -0.1) is 0 Å². The van der Waals surface area contributed by atoms with Gasteiger partial charge in [0.2, 0.25) is 0 Å². The summed E-state index contributed by atoms with van der Waals surface area (Å²) < 4.78 is 40.2. The molecule has 0 amide bonds. The van der Waals surface area contributed by atoms with E-state index in [2.05, 4.69) is 4.72 Å². The molecule has 0 spiro atoms. The first-order chi connectivity index (χ1) is 9.29. The molecule has 0 unspecified atom stereocenters. The number of rotatable bonds is 3. The van der Waals surface area contributed by atoms with Crippen LogP contribution in [0.2, 0.25) is 5.02 Å². The second kappa shape index (κ2) is 5.30. The van der Waals surface area contributed by atoms with E-state index in [1.54, 1.807) is 13.0 Å². The largest absolute Gasteiger partial charge is 0.398 e. The molecule has 106 valence electrons. The van der Waals surface area contributed by atoms with E-state index in [0.29, 0.717) is 5.02 Å². The predicted molar refractivity (Wildman–Crippen MR) is 77.8 cm³/mol. The molecule has 0 heterocycles. The number of nitrogens with two attached hydrogens (primary N) is 1. The van der Waals surface area contributed by atoms with Gasteiger partial charge in [0.05, 0.1) is 11.4 Å². The number of halogens is 2. The molecule has 0 aliphatic carbocycles. The minimum absolute atomic E-state index is 0.00180. The molecule has 3 N–H and O–H groups in total. The highest BCUT2D eigenvalue weighted by Gasteiger charge is 2.19. The van der Waals surface area contributed by atoms with Crippen LogP contribution >= 0.6 is 11.6 Å². The topological polar surface area (TPSA) is 72.2 Å². The summed E-state index contributed by atoms with van der Waals surface area (Å²) in [7, 11) is -3.97. The van der Waals surface area contributed by atoms with Gasteiger partial charge in [-0.25, -0.2) is 12.8 Å². The van der Waals surface area contributed by atoms with Gasteiger partial charge in [-0.05, 0) is 42.8 Å². The van der Waals surface area contributed by atoms with E-state index in [1.807, 2.05) is 0 Å². The molecule has 0 saturated carbocycles. The van der Waals surface area contributed by atoms with Crippen LogP contribution < -0.4 is 10.5 Å². The molecule has 0 saturated heterocycles. The molecule has 4 nitrogen and oxygen atoms in total. The fourth-order valence-electron chi connectivity index (χ4n) is 1.68. The zero-order chi connectivity index (χ0) is 14.9. The number of aryl methyl sites for hydroxylation is 1. The quantitative estimate of drug-likeness (QED) is 0.855. The first-order valence-electron chi connectivity index (χ1n) is 5.63. The number of benzene rings is 2. The van der Waals surface area contributed by atoms with Crippen molar-refractivity contribution in [1.29, 1.82) is 0 Å². The van der Waals surface area contributed by atoms with Gasteiger partial charge in [0.15, 0.2) is 0 Å². The Hall–Kier alpha value is -1.79. The van der Waals surface area contributed by atoms with Crippen molar-refractivity contribution in [3.63, 3.8) is 0 Å². The molecule has 2 rings (SSSR count). The van der Waals surface area contributed by atoms with Gasteiger partial charge in [0.1, 0.15) is 10.7 Å². The molecule has 0 aromatic heterocycles. The normalized spacial score (nSPS) is 11.3. The van der Waals surface area contributed by atoms with E-state index in [9.17, 15) is 12.8 Å². The van der Waals surface area contributed by atoms with Crippen molar-refractivity contribution in [1.82, 2.24) is 0 Å². The highest BCUT2D eigenvalue weighted by molar-refractivity contribution is 7.92.